The van der Waals surface area contributed by atoms with E-state index in [0.717, 1.165) is 28.5 Å². The van der Waals surface area contributed by atoms with Crippen molar-refractivity contribution >= 4 is 33.2 Å². The SMILES string of the molecule is N#Cc1ccc(C(=O)N2CCN(S(=O)(=O)c3cccs3)C2C(=O)NC2CCC(N)CC2)cc1. The Hall–Kier alpha value is -2.78. The van der Waals surface area contributed by atoms with Crippen molar-refractivity contribution in [1.29, 1.82) is 5.26 Å². The number of amides is 2. The van der Waals surface area contributed by atoms with Crippen LogP contribution in [0.2, 0.25) is 0 Å². The Morgan fingerprint density at radius 3 is 2.39 bits per heavy atom. The summed E-state index contributed by atoms with van der Waals surface area (Å²) in [6.45, 7) is 0.0902. The molecule has 1 saturated carbocycles. The van der Waals surface area contributed by atoms with E-state index >= 15 is 0 Å². The zero-order valence-corrected chi connectivity index (χ0v) is 19.5. The van der Waals surface area contributed by atoms with E-state index in [1.165, 1.54) is 35.2 Å². The fourth-order valence-corrected chi connectivity index (χ4v) is 6.93. The highest BCUT2D eigenvalue weighted by Crippen LogP contribution is 2.29. The van der Waals surface area contributed by atoms with Crippen LogP contribution < -0.4 is 11.1 Å². The monoisotopic (exact) mass is 487 g/mol. The van der Waals surface area contributed by atoms with Gasteiger partial charge in [0.15, 0.2) is 6.17 Å². The van der Waals surface area contributed by atoms with Crippen molar-refractivity contribution in [2.24, 2.45) is 5.73 Å². The van der Waals surface area contributed by atoms with Gasteiger partial charge in [0, 0.05) is 30.7 Å². The van der Waals surface area contributed by atoms with Crippen LogP contribution in [0.4, 0.5) is 0 Å². The van der Waals surface area contributed by atoms with E-state index in [1.54, 1.807) is 11.4 Å². The molecule has 174 valence electrons. The van der Waals surface area contributed by atoms with Gasteiger partial charge < -0.3 is 16.0 Å². The number of rotatable bonds is 5. The molecule has 2 heterocycles. The summed E-state index contributed by atoms with van der Waals surface area (Å²) < 4.78 is 27.8. The maximum atomic E-state index is 13.4. The van der Waals surface area contributed by atoms with E-state index in [9.17, 15) is 18.0 Å². The van der Waals surface area contributed by atoms with Crippen LogP contribution in [0.5, 0.6) is 0 Å². The number of benzene rings is 1. The molecule has 0 spiro atoms. The second-order valence-electron chi connectivity index (χ2n) is 8.23. The first-order valence-electron chi connectivity index (χ1n) is 10.7. The van der Waals surface area contributed by atoms with Crippen LogP contribution in [0.3, 0.4) is 0 Å². The first-order valence-corrected chi connectivity index (χ1v) is 13.1. The number of carbonyl (C=O) groups is 2. The number of nitriles is 1. The lowest BCUT2D eigenvalue weighted by atomic mass is 9.92. The quantitative estimate of drug-likeness (QED) is 0.655. The van der Waals surface area contributed by atoms with Gasteiger partial charge in [0.1, 0.15) is 4.21 Å². The fourth-order valence-electron chi connectivity index (χ4n) is 4.26. The summed E-state index contributed by atoms with van der Waals surface area (Å²) in [5.74, 6) is -0.982. The Morgan fingerprint density at radius 1 is 1.09 bits per heavy atom. The molecule has 9 nitrogen and oxygen atoms in total. The molecular weight excluding hydrogens is 462 g/mol. The maximum absolute atomic E-state index is 13.4. The van der Waals surface area contributed by atoms with Crippen LogP contribution in [0, 0.1) is 11.3 Å². The molecule has 1 saturated heterocycles. The predicted octanol–water partition coefficient (Wildman–Crippen LogP) is 1.48. The number of nitrogens with one attached hydrogen (secondary N) is 1. The van der Waals surface area contributed by atoms with Gasteiger partial charge in [0.05, 0.1) is 11.6 Å². The van der Waals surface area contributed by atoms with E-state index in [-0.39, 0.29) is 34.9 Å². The fraction of sp³-hybridized carbons (Fsp3) is 0.409. The zero-order valence-electron chi connectivity index (χ0n) is 17.9. The van der Waals surface area contributed by atoms with Gasteiger partial charge in [0.25, 0.3) is 21.8 Å². The lowest BCUT2D eigenvalue weighted by Gasteiger charge is -2.32. The molecule has 2 fully saturated rings. The predicted molar refractivity (Wildman–Crippen MR) is 123 cm³/mol. The Kier molecular flexibility index (Phi) is 6.81. The molecule has 1 aliphatic carbocycles. The molecule has 0 radical (unpaired) electrons. The number of hydrogen-bond donors (Lipinski definition) is 2. The summed E-state index contributed by atoms with van der Waals surface area (Å²) in [5.41, 5.74) is 6.64. The van der Waals surface area contributed by atoms with Crippen molar-refractivity contribution in [2.45, 2.75) is 48.1 Å². The topological polar surface area (TPSA) is 137 Å². The molecule has 0 bridgehead atoms. The number of hydrogen-bond acceptors (Lipinski definition) is 7. The van der Waals surface area contributed by atoms with E-state index < -0.39 is 28.0 Å². The van der Waals surface area contributed by atoms with Crippen molar-refractivity contribution < 1.29 is 18.0 Å². The Labute approximate surface area is 196 Å². The van der Waals surface area contributed by atoms with E-state index in [1.807, 2.05) is 6.07 Å². The minimum Gasteiger partial charge on any atom is -0.350 e. The Morgan fingerprint density at radius 2 is 1.79 bits per heavy atom. The van der Waals surface area contributed by atoms with Gasteiger partial charge in [-0.05, 0) is 61.4 Å². The molecule has 11 heteroatoms. The highest BCUT2D eigenvalue weighted by molar-refractivity contribution is 7.91. The number of carbonyl (C=O) groups excluding carboxylic acids is 2. The molecule has 1 unspecified atom stereocenters. The van der Waals surface area contributed by atoms with Crippen LogP contribution in [-0.4, -0.2) is 60.8 Å². The Bertz CT molecular complexity index is 1150. The molecule has 4 rings (SSSR count). The summed E-state index contributed by atoms with van der Waals surface area (Å²) >= 11 is 1.07. The lowest BCUT2D eigenvalue weighted by Crippen LogP contribution is -2.56. The molecule has 1 atom stereocenters. The normalized spacial score (nSPS) is 23.8. The van der Waals surface area contributed by atoms with Crippen LogP contribution in [-0.2, 0) is 14.8 Å². The van der Waals surface area contributed by atoms with Gasteiger partial charge in [-0.25, -0.2) is 8.42 Å². The largest absolute Gasteiger partial charge is 0.350 e. The first kappa shape index (κ1) is 23.4. The highest BCUT2D eigenvalue weighted by Gasteiger charge is 2.47. The summed E-state index contributed by atoms with van der Waals surface area (Å²) in [4.78, 5) is 28.0. The van der Waals surface area contributed by atoms with Crippen LogP contribution in [0.1, 0.15) is 41.6 Å². The maximum Gasteiger partial charge on any atom is 0.259 e. The zero-order chi connectivity index (χ0) is 23.6. The number of thiophene rings is 1. The minimum absolute atomic E-state index is 0.00980. The first-order chi connectivity index (χ1) is 15.8. The number of nitrogens with zero attached hydrogens (tertiary/aromatic N) is 3. The molecule has 1 aromatic heterocycles. The molecule has 2 aliphatic rings. The van der Waals surface area contributed by atoms with Gasteiger partial charge >= 0.3 is 0 Å². The van der Waals surface area contributed by atoms with Gasteiger partial charge in [-0.2, -0.15) is 9.57 Å². The summed E-state index contributed by atoms with van der Waals surface area (Å²) in [6.07, 6.45) is 1.68. The summed E-state index contributed by atoms with van der Waals surface area (Å²) in [5, 5.41) is 13.6. The molecule has 2 aromatic rings. The standard InChI is InChI=1S/C22H25N5O4S2/c23-14-15-3-5-16(6-4-15)22(29)26-11-12-27(33(30,31)19-2-1-13-32-19)21(26)20(28)25-18-9-7-17(24)8-10-18/h1-6,13,17-18,21H,7-12,24H2,(H,25,28). The second kappa shape index (κ2) is 9.61. The van der Waals surface area contributed by atoms with Crippen molar-refractivity contribution in [2.75, 3.05) is 13.1 Å². The van der Waals surface area contributed by atoms with E-state index in [2.05, 4.69) is 5.32 Å². The average molecular weight is 488 g/mol. The number of sulfonamides is 1. The van der Waals surface area contributed by atoms with E-state index in [4.69, 9.17) is 11.0 Å². The summed E-state index contributed by atoms with van der Waals surface area (Å²) in [7, 11) is -3.96. The van der Waals surface area contributed by atoms with Crippen molar-refractivity contribution in [1.82, 2.24) is 14.5 Å². The van der Waals surface area contributed by atoms with Crippen molar-refractivity contribution in [3.63, 3.8) is 0 Å². The summed E-state index contributed by atoms with van der Waals surface area (Å²) in [6, 6.07) is 11.2. The van der Waals surface area contributed by atoms with Gasteiger partial charge in [-0.15, -0.1) is 11.3 Å². The third kappa shape index (κ3) is 4.79. The van der Waals surface area contributed by atoms with E-state index in [0.29, 0.717) is 18.4 Å². The third-order valence-electron chi connectivity index (χ3n) is 6.06. The molecule has 2 amide bonds. The van der Waals surface area contributed by atoms with Gasteiger partial charge in [-0.1, -0.05) is 6.07 Å². The molecule has 3 N–H and O–H groups in total. The smallest absolute Gasteiger partial charge is 0.259 e. The third-order valence-corrected chi connectivity index (χ3v) is 9.29. The van der Waals surface area contributed by atoms with Crippen LogP contribution in [0.25, 0.3) is 0 Å². The lowest BCUT2D eigenvalue weighted by molar-refractivity contribution is -0.128. The average Bonchev–Trinajstić information content (AvgIpc) is 3.51. The second-order valence-corrected chi connectivity index (χ2v) is 11.3. The molecule has 1 aromatic carbocycles. The van der Waals surface area contributed by atoms with Crippen molar-refractivity contribution in [3.05, 3.63) is 52.9 Å². The molecule has 1 aliphatic heterocycles. The number of nitrogens with two attached hydrogens (primary N) is 1. The minimum atomic E-state index is -3.96. The molecule has 33 heavy (non-hydrogen) atoms. The Balaban J connectivity index is 1.63. The highest BCUT2D eigenvalue weighted by atomic mass is 32.2. The molecular formula is C22H25N5O4S2. The van der Waals surface area contributed by atoms with Crippen molar-refractivity contribution in [3.8, 4) is 6.07 Å². The van der Waals surface area contributed by atoms with Crippen LogP contribution >= 0.6 is 11.3 Å². The van der Waals surface area contributed by atoms with Gasteiger partial charge in [0.2, 0.25) is 0 Å². The van der Waals surface area contributed by atoms with Crippen LogP contribution in [0.15, 0.2) is 46.0 Å². The van der Waals surface area contributed by atoms with Gasteiger partial charge in [-0.3, -0.25) is 9.59 Å².